The summed E-state index contributed by atoms with van der Waals surface area (Å²) in [5, 5.41) is 3.49. The van der Waals surface area contributed by atoms with Gasteiger partial charge in [0.1, 0.15) is 5.41 Å². The highest BCUT2D eigenvalue weighted by atomic mass is 35.5. The Kier molecular flexibility index (Phi) is 3.97. The Bertz CT molecular complexity index is 1280. The van der Waals surface area contributed by atoms with Crippen LogP contribution in [0.1, 0.15) is 27.6 Å². The standard InChI is InChI=1S/C24H20ClN3O3S/c25-22-6-5-14(32-22)10-28-18-4-2-1-3-16(18)24(23(28)29)11-27-12-26-9-19(27)15-7-20-21(8-17(15)24)31-13-30-20/h1-8,19,26H,9-13H2. The Morgan fingerprint density at radius 2 is 1.97 bits per heavy atom. The quantitative estimate of drug-likeness (QED) is 0.622. The molecule has 0 aliphatic carbocycles. The molecule has 0 bridgehead atoms. The molecule has 2 atom stereocenters. The molecule has 6 nitrogen and oxygen atoms in total. The number of amides is 1. The van der Waals surface area contributed by atoms with E-state index in [2.05, 4.69) is 28.4 Å². The first-order valence-corrected chi connectivity index (χ1v) is 11.9. The molecule has 1 spiro atoms. The number of benzene rings is 2. The van der Waals surface area contributed by atoms with Crippen molar-refractivity contribution in [3.63, 3.8) is 0 Å². The van der Waals surface area contributed by atoms with Crippen LogP contribution in [0, 0.1) is 0 Å². The molecule has 8 heteroatoms. The molecular formula is C24H20ClN3O3S. The molecule has 0 saturated carbocycles. The van der Waals surface area contributed by atoms with Gasteiger partial charge < -0.3 is 19.7 Å². The van der Waals surface area contributed by atoms with Crippen LogP contribution < -0.4 is 19.7 Å². The summed E-state index contributed by atoms with van der Waals surface area (Å²) in [6, 6.07) is 16.4. The molecular weight excluding hydrogens is 446 g/mol. The number of hydrogen-bond acceptors (Lipinski definition) is 6. The van der Waals surface area contributed by atoms with Gasteiger partial charge in [0.2, 0.25) is 12.7 Å². The SMILES string of the molecule is O=C1N(Cc2ccc(Cl)s2)c2ccccc2C12CN1CNCC1c1cc3c(cc12)OCO3. The number of anilines is 1. The van der Waals surface area contributed by atoms with Gasteiger partial charge in [-0.05, 0) is 47.0 Å². The Hall–Kier alpha value is -2.58. The Labute approximate surface area is 194 Å². The molecule has 1 aromatic heterocycles. The van der Waals surface area contributed by atoms with Crippen molar-refractivity contribution in [2.24, 2.45) is 0 Å². The van der Waals surface area contributed by atoms with Crippen molar-refractivity contribution >= 4 is 34.5 Å². The first-order chi connectivity index (χ1) is 15.6. The summed E-state index contributed by atoms with van der Waals surface area (Å²) >= 11 is 7.70. The van der Waals surface area contributed by atoms with Crippen LogP contribution in [0.25, 0.3) is 0 Å². The van der Waals surface area contributed by atoms with Crippen LogP contribution in [-0.4, -0.2) is 37.4 Å². The van der Waals surface area contributed by atoms with Crippen LogP contribution in [-0.2, 0) is 16.8 Å². The number of nitrogens with one attached hydrogen (secondary N) is 1. The normalized spacial score (nSPS) is 25.3. The van der Waals surface area contributed by atoms with E-state index in [1.807, 2.05) is 35.2 Å². The third kappa shape index (κ3) is 2.45. The molecule has 1 N–H and O–H groups in total. The lowest BCUT2D eigenvalue weighted by atomic mass is 9.69. The van der Waals surface area contributed by atoms with E-state index in [0.717, 1.165) is 56.3 Å². The second kappa shape index (κ2) is 6.71. The van der Waals surface area contributed by atoms with Crippen LogP contribution in [0.3, 0.4) is 0 Å². The zero-order chi connectivity index (χ0) is 21.4. The fourth-order valence-corrected chi connectivity index (χ4v) is 6.81. The summed E-state index contributed by atoms with van der Waals surface area (Å²) in [6.07, 6.45) is 0. The average molecular weight is 466 g/mol. The number of carbonyl (C=O) groups excluding carboxylic acids is 1. The van der Waals surface area contributed by atoms with Crippen molar-refractivity contribution in [3.8, 4) is 11.5 Å². The number of carbonyl (C=O) groups is 1. The van der Waals surface area contributed by atoms with Crippen molar-refractivity contribution in [1.82, 2.24) is 10.2 Å². The van der Waals surface area contributed by atoms with Crippen LogP contribution in [0.4, 0.5) is 5.69 Å². The molecule has 4 aliphatic heterocycles. The van der Waals surface area contributed by atoms with E-state index in [-0.39, 0.29) is 18.7 Å². The lowest BCUT2D eigenvalue weighted by molar-refractivity contribution is -0.123. The minimum atomic E-state index is -0.781. The van der Waals surface area contributed by atoms with Crippen molar-refractivity contribution < 1.29 is 14.3 Å². The summed E-state index contributed by atoms with van der Waals surface area (Å²) in [5.74, 6) is 1.58. The van der Waals surface area contributed by atoms with Gasteiger partial charge in [-0.1, -0.05) is 29.8 Å². The van der Waals surface area contributed by atoms with Crippen molar-refractivity contribution in [2.75, 3.05) is 31.5 Å². The maximum absolute atomic E-state index is 14.4. The smallest absolute Gasteiger partial charge is 0.243 e. The highest BCUT2D eigenvalue weighted by Gasteiger charge is 2.58. The Balaban J connectivity index is 1.45. The maximum atomic E-state index is 14.4. The van der Waals surface area contributed by atoms with Gasteiger partial charge in [0.05, 0.1) is 10.9 Å². The van der Waals surface area contributed by atoms with Gasteiger partial charge >= 0.3 is 0 Å². The zero-order valence-corrected chi connectivity index (χ0v) is 18.7. The van der Waals surface area contributed by atoms with E-state index in [0.29, 0.717) is 13.1 Å². The van der Waals surface area contributed by atoms with E-state index in [1.165, 1.54) is 11.3 Å². The van der Waals surface area contributed by atoms with E-state index in [1.54, 1.807) is 0 Å². The number of nitrogens with zero attached hydrogens (tertiary/aromatic N) is 2. The summed E-state index contributed by atoms with van der Waals surface area (Å²) in [7, 11) is 0. The minimum Gasteiger partial charge on any atom is -0.454 e. The Morgan fingerprint density at radius 1 is 1.12 bits per heavy atom. The number of halogens is 1. The van der Waals surface area contributed by atoms with Gasteiger partial charge in [-0.25, -0.2) is 0 Å². The largest absolute Gasteiger partial charge is 0.454 e. The molecule has 2 aromatic carbocycles. The summed E-state index contributed by atoms with van der Waals surface area (Å²) < 4.78 is 12.2. The number of thiophene rings is 1. The van der Waals surface area contributed by atoms with Gasteiger partial charge in [-0.2, -0.15) is 0 Å². The van der Waals surface area contributed by atoms with Crippen LogP contribution in [0.15, 0.2) is 48.5 Å². The van der Waals surface area contributed by atoms with Crippen LogP contribution in [0.5, 0.6) is 11.5 Å². The second-order valence-corrected chi connectivity index (χ2v) is 10.5. The molecule has 0 radical (unpaired) electrons. The third-order valence-electron chi connectivity index (χ3n) is 7.10. The van der Waals surface area contributed by atoms with Gasteiger partial charge in [0.15, 0.2) is 11.5 Å². The molecule has 2 unspecified atom stereocenters. The lowest BCUT2D eigenvalue weighted by Gasteiger charge is -2.42. The number of fused-ring (bicyclic) bond motifs is 7. The predicted molar refractivity (Wildman–Crippen MR) is 123 cm³/mol. The predicted octanol–water partition coefficient (Wildman–Crippen LogP) is 3.88. The number of rotatable bonds is 2. The summed E-state index contributed by atoms with van der Waals surface area (Å²) in [4.78, 5) is 19.8. The number of para-hydroxylation sites is 1. The lowest BCUT2D eigenvalue weighted by Crippen LogP contribution is -2.52. The first-order valence-electron chi connectivity index (χ1n) is 10.7. The first kappa shape index (κ1) is 18.9. The molecule has 7 rings (SSSR count). The summed E-state index contributed by atoms with van der Waals surface area (Å²) in [6.45, 7) is 2.98. The number of ether oxygens (including phenoxy) is 2. The minimum absolute atomic E-state index is 0.105. The van der Waals surface area contributed by atoms with E-state index in [4.69, 9.17) is 21.1 Å². The van der Waals surface area contributed by atoms with Crippen LogP contribution in [0.2, 0.25) is 4.34 Å². The topological polar surface area (TPSA) is 54.0 Å². The fourth-order valence-electron chi connectivity index (χ4n) is 5.74. The molecule has 1 amide bonds. The van der Waals surface area contributed by atoms with Gasteiger partial charge in [-0.3, -0.25) is 9.69 Å². The highest BCUT2D eigenvalue weighted by molar-refractivity contribution is 7.16. The molecule has 4 aliphatic rings. The van der Waals surface area contributed by atoms with Gasteiger partial charge in [0, 0.05) is 36.4 Å². The Morgan fingerprint density at radius 3 is 2.81 bits per heavy atom. The third-order valence-corrected chi connectivity index (χ3v) is 8.32. The zero-order valence-electron chi connectivity index (χ0n) is 17.1. The van der Waals surface area contributed by atoms with E-state index >= 15 is 0 Å². The van der Waals surface area contributed by atoms with Gasteiger partial charge in [-0.15, -0.1) is 11.3 Å². The molecule has 32 heavy (non-hydrogen) atoms. The molecule has 1 fully saturated rings. The fraction of sp³-hybridized carbons (Fsp3) is 0.292. The molecule has 1 saturated heterocycles. The monoisotopic (exact) mass is 465 g/mol. The van der Waals surface area contributed by atoms with Crippen molar-refractivity contribution in [3.05, 3.63) is 74.4 Å². The number of hydrogen-bond donors (Lipinski definition) is 1. The van der Waals surface area contributed by atoms with Crippen molar-refractivity contribution in [1.29, 1.82) is 0 Å². The molecule has 3 aromatic rings. The van der Waals surface area contributed by atoms with E-state index < -0.39 is 5.41 Å². The summed E-state index contributed by atoms with van der Waals surface area (Å²) in [5.41, 5.74) is 3.43. The van der Waals surface area contributed by atoms with Crippen LogP contribution >= 0.6 is 22.9 Å². The van der Waals surface area contributed by atoms with Gasteiger partial charge in [0.25, 0.3) is 0 Å². The second-order valence-electron chi connectivity index (χ2n) is 8.69. The average Bonchev–Trinajstić information content (AvgIpc) is 3.58. The molecule has 5 heterocycles. The maximum Gasteiger partial charge on any atom is 0.243 e. The molecule has 162 valence electrons. The van der Waals surface area contributed by atoms with E-state index in [9.17, 15) is 4.79 Å². The highest BCUT2D eigenvalue weighted by Crippen LogP contribution is 2.55. The van der Waals surface area contributed by atoms with Crippen molar-refractivity contribution in [2.45, 2.75) is 18.0 Å².